The van der Waals surface area contributed by atoms with Crippen LogP contribution < -0.4 is 5.73 Å². The van der Waals surface area contributed by atoms with Gasteiger partial charge in [0.1, 0.15) is 0 Å². The highest BCUT2D eigenvalue weighted by Gasteiger charge is 2.46. The van der Waals surface area contributed by atoms with Gasteiger partial charge in [-0.1, -0.05) is 19.8 Å². The van der Waals surface area contributed by atoms with Crippen molar-refractivity contribution in [2.45, 2.75) is 69.4 Å². The van der Waals surface area contributed by atoms with E-state index >= 15 is 0 Å². The molecule has 2 saturated heterocycles. The fourth-order valence-corrected chi connectivity index (χ4v) is 5.80. The summed E-state index contributed by atoms with van der Waals surface area (Å²) in [6.07, 6.45) is 8.10. The molecule has 3 unspecified atom stereocenters. The monoisotopic (exact) mass is 311 g/mol. The van der Waals surface area contributed by atoms with Crippen molar-refractivity contribution < 1.29 is 9.53 Å². The Labute approximate surface area is 132 Å². The van der Waals surface area contributed by atoms with Gasteiger partial charge in [-0.05, 0) is 55.9 Å². The topological polar surface area (TPSA) is 52.3 Å². The molecule has 2 heterocycles. The lowest BCUT2D eigenvalue weighted by molar-refractivity contribution is -0.144. The molecule has 3 atom stereocenters. The van der Waals surface area contributed by atoms with Gasteiger partial charge in [0, 0.05) is 12.5 Å². The summed E-state index contributed by atoms with van der Waals surface area (Å²) in [5, 5.41) is 0. The van der Waals surface area contributed by atoms with Gasteiger partial charge >= 0.3 is 0 Å². The standard InChI is InChI=1S/C17H29NO2S/c1-13-3-2-5-17(18,11-13)15(19)14-4-8-20-16(12-14)6-9-21-10-7-16/h13-14H,2-12,18H2,1H3. The number of rotatable bonds is 2. The molecule has 1 aliphatic carbocycles. The molecule has 120 valence electrons. The number of carbonyl (C=O) groups is 1. The van der Waals surface area contributed by atoms with E-state index in [1.54, 1.807) is 0 Å². The summed E-state index contributed by atoms with van der Waals surface area (Å²) < 4.78 is 6.12. The van der Waals surface area contributed by atoms with Crippen LogP contribution in [0.15, 0.2) is 0 Å². The minimum Gasteiger partial charge on any atom is -0.375 e. The molecule has 0 aromatic carbocycles. The van der Waals surface area contributed by atoms with Gasteiger partial charge in [-0.25, -0.2) is 0 Å². The van der Waals surface area contributed by atoms with Crippen LogP contribution in [0.2, 0.25) is 0 Å². The van der Waals surface area contributed by atoms with E-state index in [-0.39, 0.29) is 11.5 Å². The Kier molecular flexibility index (Phi) is 4.68. The third kappa shape index (κ3) is 3.32. The van der Waals surface area contributed by atoms with Gasteiger partial charge in [0.25, 0.3) is 0 Å². The highest BCUT2D eigenvalue weighted by molar-refractivity contribution is 7.99. The summed E-state index contributed by atoms with van der Waals surface area (Å²) in [6, 6.07) is 0. The molecule has 0 radical (unpaired) electrons. The van der Waals surface area contributed by atoms with Crippen molar-refractivity contribution in [1.82, 2.24) is 0 Å². The minimum atomic E-state index is -0.551. The molecular formula is C17H29NO2S. The molecule has 0 aromatic heterocycles. The lowest BCUT2D eigenvalue weighted by Crippen LogP contribution is -2.56. The third-order valence-electron chi connectivity index (χ3n) is 5.79. The van der Waals surface area contributed by atoms with E-state index in [1.165, 1.54) is 17.9 Å². The quantitative estimate of drug-likeness (QED) is 0.851. The van der Waals surface area contributed by atoms with Crippen molar-refractivity contribution in [3.8, 4) is 0 Å². The second-order valence-corrected chi connectivity index (χ2v) is 8.78. The Morgan fingerprint density at radius 2 is 1.95 bits per heavy atom. The highest BCUT2D eigenvalue weighted by Crippen LogP contribution is 2.42. The number of hydrogen-bond acceptors (Lipinski definition) is 4. The number of nitrogens with two attached hydrogens (primary N) is 1. The van der Waals surface area contributed by atoms with Gasteiger partial charge in [0.15, 0.2) is 5.78 Å². The second kappa shape index (κ2) is 6.21. The van der Waals surface area contributed by atoms with E-state index < -0.39 is 5.54 Å². The Bertz CT molecular complexity index is 389. The maximum absolute atomic E-state index is 13.1. The first kappa shape index (κ1) is 15.8. The number of hydrogen-bond donors (Lipinski definition) is 1. The summed E-state index contributed by atoms with van der Waals surface area (Å²) in [4.78, 5) is 13.1. The summed E-state index contributed by atoms with van der Waals surface area (Å²) in [5.74, 6) is 3.41. The molecule has 3 rings (SSSR count). The van der Waals surface area contributed by atoms with Gasteiger partial charge in [-0.15, -0.1) is 0 Å². The zero-order valence-corrected chi connectivity index (χ0v) is 14.1. The lowest BCUT2D eigenvalue weighted by atomic mass is 9.68. The fourth-order valence-electron chi connectivity index (χ4n) is 4.57. The summed E-state index contributed by atoms with van der Waals surface area (Å²) >= 11 is 2.01. The number of Topliss-reactive ketones (excluding diaryl/α,β-unsaturated/α-hetero) is 1. The molecule has 1 spiro atoms. The predicted molar refractivity (Wildman–Crippen MR) is 87.5 cm³/mol. The smallest absolute Gasteiger partial charge is 0.155 e. The number of thioether (sulfide) groups is 1. The molecule has 1 saturated carbocycles. The Morgan fingerprint density at radius 3 is 2.67 bits per heavy atom. The lowest BCUT2D eigenvalue weighted by Gasteiger charge is -2.45. The highest BCUT2D eigenvalue weighted by atomic mass is 32.2. The summed E-state index contributed by atoms with van der Waals surface area (Å²) in [5.41, 5.74) is 5.98. The van der Waals surface area contributed by atoms with Crippen LogP contribution in [0.4, 0.5) is 0 Å². The van der Waals surface area contributed by atoms with Crippen LogP contribution in [0.5, 0.6) is 0 Å². The van der Waals surface area contributed by atoms with E-state index in [9.17, 15) is 4.79 Å². The van der Waals surface area contributed by atoms with Gasteiger partial charge in [-0.3, -0.25) is 4.79 Å². The second-order valence-electron chi connectivity index (χ2n) is 7.56. The Morgan fingerprint density at radius 1 is 1.19 bits per heavy atom. The first-order valence-corrected chi connectivity index (χ1v) is 9.73. The average Bonchev–Trinajstić information content (AvgIpc) is 2.47. The van der Waals surface area contributed by atoms with Gasteiger partial charge in [-0.2, -0.15) is 11.8 Å². The van der Waals surface area contributed by atoms with Gasteiger partial charge < -0.3 is 10.5 Å². The normalized spacial score (nSPS) is 40.1. The average molecular weight is 311 g/mol. The van der Waals surface area contributed by atoms with E-state index in [2.05, 4.69) is 6.92 Å². The Balaban J connectivity index is 1.69. The first-order valence-electron chi connectivity index (χ1n) is 8.58. The minimum absolute atomic E-state index is 0.0134. The molecule has 4 heteroatoms. The van der Waals surface area contributed by atoms with Crippen LogP contribution in [0.3, 0.4) is 0 Å². The summed E-state index contributed by atoms with van der Waals surface area (Å²) in [7, 11) is 0. The SMILES string of the molecule is CC1CCCC(N)(C(=O)C2CCOC3(CCSCC3)C2)C1. The Hall–Kier alpha value is -0.0600. The van der Waals surface area contributed by atoms with Gasteiger partial charge in [0.05, 0.1) is 11.1 Å². The molecule has 3 aliphatic rings. The van der Waals surface area contributed by atoms with E-state index in [4.69, 9.17) is 10.5 Å². The van der Waals surface area contributed by atoms with Crippen LogP contribution in [0, 0.1) is 11.8 Å². The van der Waals surface area contributed by atoms with Crippen LogP contribution in [0.25, 0.3) is 0 Å². The fraction of sp³-hybridized carbons (Fsp3) is 0.941. The third-order valence-corrected chi connectivity index (χ3v) is 6.78. The predicted octanol–water partition coefficient (Wildman–Crippen LogP) is 3.16. The van der Waals surface area contributed by atoms with E-state index in [0.29, 0.717) is 11.7 Å². The van der Waals surface area contributed by atoms with Crippen LogP contribution in [0.1, 0.15) is 58.3 Å². The van der Waals surface area contributed by atoms with E-state index in [0.717, 1.165) is 51.6 Å². The van der Waals surface area contributed by atoms with Crippen molar-refractivity contribution in [3.63, 3.8) is 0 Å². The molecular weight excluding hydrogens is 282 g/mol. The molecule has 2 aliphatic heterocycles. The zero-order valence-electron chi connectivity index (χ0n) is 13.2. The number of ether oxygens (including phenoxy) is 1. The van der Waals surface area contributed by atoms with Crippen molar-refractivity contribution >= 4 is 17.5 Å². The molecule has 0 aromatic rings. The summed E-state index contributed by atoms with van der Waals surface area (Å²) in [6.45, 7) is 2.98. The number of carbonyl (C=O) groups excluding carboxylic acids is 1. The number of ketones is 1. The van der Waals surface area contributed by atoms with Crippen LogP contribution in [-0.2, 0) is 9.53 Å². The van der Waals surface area contributed by atoms with Gasteiger partial charge in [0.2, 0.25) is 0 Å². The molecule has 0 bridgehead atoms. The molecule has 21 heavy (non-hydrogen) atoms. The molecule has 0 amide bonds. The molecule has 3 nitrogen and oxygen atoms in total. The molecule has 2 N–H and O–H groups in total. The van der Waals surface area contributed by atoms with Crippen LogP contribution >= 0.6 is 11.8 Å². The maximum atomic E-state index is 13.1. The van der Waals surface area contributed by atoms with Crippen LogP contribution in [-0.4, -0.2) is 35.0 Å². The first-order chi connectivity index (χ1) is 10.0. The zero-order chi connectivity index (χ0) is 14.9. The van der Waals surface area contributed by atoms with Crippen molar-refractivity contribution in [2.24, 2.45) is 17.6 Å². The largest absolute Gasteiger partial charge is 0.375 e. The molecule has 3 fully saturated rings. The van der Waals surface area contributed by atoms with Crippen molar-refractivity contribution in [1.29, 1.82) is 0 Å². The van der Waals surface area contributed by atoms with E-state index in [1.807, 2.05) is 11.8 Å². The van der Waals surface area contributed by atoms with Crippen molar-refractivity contribution in [2.75, 3.05) is 18.1 Å². The maximum Gasteiger partial charge on any atom is 0.155 e. The van der Waals surface area contributed by atoms with Crippen molar-refractivity contribution in [3.05, 3.63) is 0 Å².